The monoisotopic (exact) mass is 201 g/mol. The number of hydrogen-bond acceptors (Lipinski definition) is 5. The van der Waals surface area contributed by atoms with E-state index in [-0.39, 0.29) is 18.8 Å². The summed E-state index contributed by atoms with van der Waals surface area (Å²) in [5.74, 6) is -3.18. The molecule has 0 fully saturated rings. The van der Waals surface area contributed by atoms with Crippen molar-refractivity contribution in [1.82, 2.24) is 0 Å². The first kappa shape index (κ1) is 12.6. The predicted octanol–water partition coefficient (Wildman–Crippen LogP) is -0.715. The molecule has 0 N–H and O–H groups in total. The standard InChI is InChI=1S/C9H14O5/c1-3-14-9(13)7(4-6(2)10)5-8(11)12/h7H,3-5H2,1-2H3,(H,11,12)/p-1/t7-/m0/s1. The lowest BCUT2D eigenvalue weighted by molar-refractivity contribution is -0.306. The van der Waals surface area contributed by atoms with Crippen molar-refractivity contribution < 1.29 is 24.2 Å². The summed E-state index contributed by atoms with van der Waals surface area (Å²) in [5.41, 5.74) is 0. The first-order chi connectivity index (χ1) is 6.47. The van der Waals surface area contributed by atoms with Crippen LogP contribution in [0.15, 0.2) is 0 Å². The number of esters is 1. The van der Waals surface area contributed by atoms with Gasteiger partial charge in [-0.2, -0.15) is 0 Å². The van der Waals surface area contributed by atoms with E-state index in [2.05, 4.69) is 4.74 Å². The molecule has 0 spiro atoms. The molecule has 0 rings (SSSR count). The van der Waals surface area contributed by atoms with E-state index in [1.807, 2.05) is 0 Å². The second-order valence-corrected chi connectivity index (χ2v) is 2.93. The van der Waals surface area contributed by atoms with E-state index in [0.717, 1.165) is 0 Å². The molecule has 1 atom stereocenters. The molecule has 0 aromatic heterocycles. The largest absolute Gasteiger partial charge is 0.550 e. The first-order valence-corrected chi connectivity index (χ1v) is 4.33. The molecule has 5 heteroatoms. The molecule has 0 unspecified atom stereocenters. The van der Waals surface area contributed by atoms with Crippen molar-refractivity contribution in [3.05, 3.63) is 0 Å². The summed E-state index contributed by atoms with van der Waals surface area (Å²) in [6, 6.07) is 0. The zero-order chi connectivity index (χ0) is 11.1. The van der Waals surface area contributed by atoms with Crippen LogP contribution in [0.2, 0.25) is 0 Å². The van der Waals surface area contributed by atoms with E-state index in [0.29, 0.717) is 0 Å². The summed E-state index contributed by atoms with van der Waals surface area (Å²) in [4.78, 5) is 32.1. The fourth-order valence-corrected chi connectivity index (χ4v) is 1.05. The van der Waals surface area contributed by atoms with E-state index >= 15 is 0 Å². The summed E-state index contributed by atoms with van der Waals surface area (Å²) in [6.07, 6.45) is -0.592. The van der Waals surface area contributed by atoms with Crippen molar-refractivity contribution in [3.8, 4) is 0 Å². The lowest BCUT2D eigenvalue weighted by atomic mass is 9.99. The molecule has 0 bridgehead atoms. The Morgan fingerprint density at radius 2 is 1.86 bits per heavy atom. The maximum absolute atomic E-state index is 11.1. The van der Waals surface area contributed by atoms with Gasteiger partial charge in [0.25, 0.3) is 0 Å². The highest BCUT2D eigenvalue weighted by molar-refractivity contribution is 5.85. The lowest BCUT2D eigenvalue weighted by Crippen LogP contribution is -2.30. The average molecular weight is 201 g/mol. The number of carboxylic acid groups (broad SMARTS) is 1. The Morgan fingerprint density at radius 3 is 2.21 bits per heavy atom. The maximum Gasteiger partial charge on any atom is 0.309 e. The zero-order valence-electron chi connectivity index (χ0n) is 8.24. The van der Waals surface area contributed by atoms with Gasteiger partial charge in [0.05, 0.1) is 12.5 Å². The van der Waals surface area contributed by atoms with Crippen molar-refractivity contribution in [3.63, 3.8) is 0 Å². The summed E-state index contributed by atoms with van der Waals surface area (Å²) in [5, 5.41) is 10.3. The number of hydrogen-bond donors (Lipinski definition) is 0. The molecule has 0 aliphatic heterocycles. The molecule has 0 aromatic carbocycles. The summed E-state index contributed by atoms with van der Waals surface area (Å²) >= 11 is 0. The fourth-order valence-electron chi connectivity index (χ4n) is 1.05. The number of ketones is 1. The van der Waals surface area contributed by atoms with Gasteiger partial charge in [-0.05, 0) is 13.8 Å². The third-order valence-corrected chi connectivity index (χ3v) is 1.57. The molecule has 0 saturated carbocycles. The minimum Gasteiger partial charge on any atom is -0.550 e. The van der Waals surface area contributed by atoms with E-state index < -0.39 is 24.3 Å². The van der Waals surface area contributed by atoms with Gasteiger partial charge in [-0.15, -0.1) is 0 Å². The van der Waals surface area contributed by atoms with Crippen molar-refractivity contribution in [2.75, 3.05) is 6.61 Å². The highest BCUT2D eigenvalue weighted by Gasteiger charge is 2.21. The fraction of sp³-hybridized carbons (Fsp3) is 0.667. The van der Waals surface area contributed by atoms with E-state index in [1.165, 1.54) is 6.92 Å². The molecule has 0 amide bonds. The Morgan fingerprint density at radius 1 is 1.29 bits per heavy atom. The van der Waals surface area contributed by atoms with Crippen LogP contribution < -0.4 is 5.11 Å². The van der Waals surface area contributed by atoms with Gasteiger partial charge in [0.15, 0.2) is 0 Å². The minimum absolute atomic E-state index is 0.118. The smallest absolute Gasteiger partial charge is 0.309 e. The Hall–Kier alpha value is -1.39. The van der Waals surface area contributed by atoms with E-state index in [4.69, 9.17) is 0 Å². The molecule has 5 nitrogen and oxygen atoms in total. The van der Waals surface area contributed by atoms with Gasteiger partial charge >= 0.3 is 5.97 Å². The molecule has 0 radical (unpaired) electrons. The van der Waals surface area contributed by atoms with E-state index in [9.17, 15) is 19.5 Å². The Labute approximate surface area is 82.1 Å². The second-order valence-electron chi connectivity index (χ2n) is 2.93. The van der Waals surface area contributed by atoms with Crippen LogP contribution >= 0.6 is 0 Å². The van der Waals surface area contributed by atoms with Gasteiger partial charge in [-0.1, -0.05) is 0 Å². The van der Waals surface area contributed by atoms with Gasteiger partial charge in [0.2, 0.25) is 0 Å². The molecule has 80 valence electrons. The molecule has 0 heterocycles. The Bertz CT molecular complexity index is 217. The van der Waals surface area contributed by atoms with Crippen LogP contribution in [-0.4, -0.2) is 24.3 Å². The van der Waals surface area contributed by atoms with Crippen LogP contribution in [0.1, 0.15) is 26.7 Å². The summed E-state index contributed by atoms with van der Waals surface area (Å²) < 4.78 is 4.62. The average Bonchev–Trinajstić information content (AvgIpc) is 2.01. The van der Waals surface area contributed by atoms with Crippen molar-refractivity contribution in [2.24, 2.45) is 5.92 Å². The maximum atomic E-state index is 11.1. The molecular weight excluding hydrogens is 188 g/mol. The number of Topliss-reactive ketones (excluding diaryl/α,β-unsaturated/α-hetero) is 1. The normalized spacial score (nSPS) is 11.9. The van der Waals surface area contributed by atoms with Gasteiger partial charge < -0.3 is 19.4 Å². The number of carbonyl (C=O) groups is 3. The topological polar surface area (TPSA) is 83.5 Å². The molecule has 0 aromatic rings. The molecule has 0 aliphatic carbocycles. The SMILES string of the molecule is CCOC(=O)[C@@H](CC(C)=O)CC(=O)[O-]. The van der Waals surface area contributed by atoms with Gasteiger partial charge in [-0.3, -0.25) is 4.79 Å². The third-order valence-electron chi connectivity index (χ3n) is 1.57. The van der Waals surface area contributed by atoms with Gasteiger partial charge in [0, 0.05) is 18.8 Å². The van der Waals surface area contributed by atoms with Crippen LogP contribution in [0, 0.1) is 5.92 Å². The lowest BCUT2D eigenvalue weighted by Gasteiger charge is -2.14. The molecule has 0 saturated heterocycles. The highest BCUT2D eigenvalue weighted by atomic mass is 16.5. The molecule has 0 aliphatic rings. The quantitative estimate of drug-likeness (QED) is 0.530. The first-order valence-electron chi connectivity index (χ1n) is 4.33. The van der Waals surface area contributed by atoms with Crippen molar-refractivity contribution in [2.45, 2.75) is 26.7 Å². The minimum atomic E-state index is -1.36. The molecular formula is C9H13O5-. The van der Waals surface area contributed by atoms with Crippen LogP contribution in [0.25, 0.3) is 0 Å². The number of aliphatic carboxylic acids is 1. The van der Waals surface area contributed by atoms with Crippen LogP contribution in [0.4, 0.5) is 0 Å². The van der Waals surface area contributed by atoms with E-state index in [1.54, 1.807) is 6.92 Å². The summed E-state index contributed by atoms with van der Waals surface area (Å²) in [7, 11) is 0. The number of rotatable bonds is 6. The predicted molar refractivity (Wildman–Crippen MR) is 45.0 cm³/mol. The highest BCUT2D eigenvalue weighted by Crippen LogP contribution is 2.11. The number of carboxylic acids is 1. The van der Waals surface area contributed by atoms with Crippen molar-refractivity contribution in [1.29, 1.82) is 0 Å². The van der Waals surface area contributed by atoms with Crippen molar-refractivity contribution >= 4 is 17.7 Å². The molecule has 14 heavy (non-hydrogen) atoms. The Kier molecular flexibility index (Phi) is 5.52. The zero-order valence-corrected chi connectivity index (χ0v) is 8.24. The summed E-state index contributed by atoms with van der Waals surface area (Å²) in [6.45, 7) is 3.07. The second kappa shape index (κ2) is 6.12. The van der Waals surface area contributed by atoms with Crippen LogP contribution in [-0.2, 0) is 19.1 Å². The van der Waals surface area contributed by atoms with Gasteiger partial charge in [-0.25, -0.2) is 0 Å². The van der Waals surface area contributed by atoms with Crippen LogP contribution in [0.3, 0.4) is 0 Å². The number of carbonyl (C=O) groups excluding carboxylic acids is 3. The van der Waals surface area contributed by atoms with Crippen LogP contribution in [0.5, 0.6) is 0 Å². The Balaban J connectivity index is 4.29. The number of ether oxygens (including phenoxy) is 1. The third kappa shape index (κ3) is 5.29. The van der Waals surface area contributed by atoms with Gasteiger partial charge in [0.1, 0.15) is 5.78 Å².